The van der Waals surface area contributed by atoms with Gasteiger partial charge in [0.25, 0.3) is 0 Å². The molecule has 0 unspecified atom stereocenters. The van der Waals surface area contributed by atoms with Crippen molar-refractivity contribution in [2.24, 2.45) is 23.7 Å². The smallest absolute Gasteiger partial charge is 0.335 e. The van der Waals surface area contributed by atoms with E-state index in [2.05, 4.69) is 6.92 Å². The Bertz CT molecular complexity index is 592. The van der Waals surface area contributed by atoms with Crippen molar-refractivity contribution in [3.8, 4) is 0 Å². The summed E-state index contributed by atoms with van der Waals surface area (Å²) in [6.45, 7) is 2.33. The summed E-state index contributed by atoms with van der Waals surface area (Å²) in [6.07, 6.45) is 19.3. The summed E-state index contributed by atoms with van der Waals surface area (Å²) in [6, 6.07) is 7.53. The van der Waals surface area contributed by atoms with E-state index >= 15 is 0 Å². The lowest BCUT2D eigenvalue weighted by molar-refractivity contribution is 0.0695. The first-order valence-electron chi connectivity index (χ1n) is 12.0. The van der Waals surface area contributed by atoms with Gasteiger partial charge in [-0.15, -0.1) is 0 Å². The number of aryl methyl sites for hydroxylation is 1. The zero-order chi connectivity index (χ0) is 19.8. The van der Waals surface area contributed by atoms with Gasteiger partial charge in [-0.2, -0.15) is 0 Å². The minimum atomic E-state index is -0.789. The van der Waals surface area contributed by atoms with Crippen LogP contribution in [0.1, 0.15) is 106 Å². The van der Waals surface area contributed by atoms with Crippen molar-refractivity contribution in [3.63, 3.8) is 0 Å². The maximum Gasteiger partial charge on any atom is 0.335 e. The van der Waals surface area contributed by atoms with Crippen LogP contribution in [0.25, 0.3) is 0 Å². The Morgan fingerprint density at radius 3 is 1.75 bits per heavy atom. The molecule has 0 atom stereocenters. The zero-order valence-electron chi connectivity index (χ0n) is 17.9. The molecule has 0 radical (unpaired) electrons. The van der Waals surface area contributed by atoms with Crippen LogP contribution in [0.2, 0.25) is 0 Å². The van der Waals surface area contributed by atoms with Crippen molar-refractivity contribution in [1.82, 2.24) is 0 Å². The third kappa shape index (κ3) is 6.36. The first-order valence-corrected chi connectivity index (χ1v) is 12.0. The maximum absolute atomic E-state index is 11.4. The normalized spacial score (nSPS) is 28.2. The molecule has 2 saturated carbocycles. The van der Waals surface area contributed by atoms with Crippen LogP contribution in [0, 0.1) is 23.7 Å². The van der Waals surface area contributed by atoms with E-state index in [4.69, 9.17) is 0 Å². The van der Waals surface area contributed by atoms with E-state index in [1.165, 1.54) is 77.0 Å². The van der Waals surface area contributed by atoms with Crippen LogP contribution < -0.4 is 0 Å². The van der Waals surface area contributed by atoms with Gasteiger partial charge >= 0.3 is 5.97 Å². The van der Waals surface area contributed by atoms with Gasteiger partial charge < -0.3 is 5.11 Å². The van der Waals surface area contributed by atoms with E-state index in [9.17, 15) is 9.90 Å². The SMILES string of the molecule is CCCC1CCC(CCC2CCC(CCc3ccccc3C(=O)O)CC2)CC1. The second-order valence-electron chi connectivity index (χ2n) is 9.64. The van der Waals surface area contributed by atoms with E-state index in [1.807, 2.05) is 18.2 Å². The van der Waals surface area contributed by atoms with Crippen molar-refractivity contribution < 1.29 is 9.90 Å². The Morgan fingerprint density at radius 1 is 0.786 bits per heavy atom. The van der Waals surface area contributed by atoms with Crippen molar-refractivity contribution in [2.45, 2.75) is 96.8 Å². The van der Waals surface area contributed by atoms with Gasteiger partial charge in [-0.3, -0.25) is 0 Å². The maximum atomic E-state index is 11.4. The van der Waals surface area contributed by atoms with Crippen LogP contribution in [-0.4, -0.2) is 11.1 Å². The summed E-state index contributed by atoms with van der Waals surface area (Å²) in [7, 11) is 0. The molecule has 0 aliphatic heterocycles. The lowest BCUT2D eigenvalue weighted by Crippen LogP contribution is -2.18. The summed E-state index contributed by atoms with van der Waals surface area (Å²) >= 11 is 0. The van der Waals surface area contributed by atoms with Gasteiger partial charge in [0.05, 0.1) is 5.56 Å². The Hall–Kier alpha value is -1.31. The highest BCUT2D eigenvalue weighted by molar-refractivity contribution is 5.89. The highest BCUT2D eigenvalue weighted by Crippen LogP contribution is 2.38. The number of carboxylic acid groups (broad SMARTS) is 1. The largest absolute Gasteiger partial charge is 0.478 e. The molecule has 0 saturated heterocycles. The molecule has 156 valence electrons. The van der Waals surface area contributed by atoms with Crippen LogP contribution in [0.15, 0.2) is 24.3 Å². The second-order valence-corrected chi connectivity index (χ2v) is 9.64. The lowest BCUT2D eigenvalue weighted by Gasteiger charge is -2.32. The number of benzene rings is 1. The van der Waals surface area contributed by atoms with E-state index in [0.29, 0.717) is 5.56 Å². The first kappa shape index (κ1) is 21.4. The molecular formula is C26H40O2. The standard InChI is InChI=1S/C26H40O2/c1-2-5-20-8-10-21(11-9-20)12-13-22-14-16-23(17-15-22)18-19-24-6-3-4-7-25(24)26(27)28/h3-4,6-7,20-23H,2,5,8-19H2,1H3,(H,27,28). The molecule has 2 fully saturated rings. The molecule has 2 aliphatic rings. The minimum Gasteiger partial charge on any atom is -0.478 e. The number of aromatic carboxylic acids is 1. The van der Waals surface area contributed by atoms with Gasteiger partial charge in [-0.1, -0.05) is 102 Å². The van der Waals surface area contributed by atoms with Gasteiger partial charge in [0, 0.05) is 0 Å². The first-order chi connectivity index (χ1) is 13.7. The Labute approximate surface area is 172 Å². The molecule has 28 heavy (non-hydrogen) atoms. The fraction of sp³-hybridized carbons (Fsp3) is 0.731. The van der Waals surface area contributed by atoms with Crippen LogP contribution in [0.5, 0.6) is 0 Å². The van der Waals surface area contributed by atoms with Crippen molar-refractivity contribution in [3.05, 3.63) is 35.4 Å². The topological polar surface area (TPSA) is 37.3 Å². The van der Waals surface area contributed by atoms with Crippen LogP contribution in [-0.2, 0) is 6.42 Å². The average Bonchev–Trinajstić information content (AvgIpc) is 2.73. The molecule has 1 N–H and O–H groups in total. The monoisotopic (exact) mass is 384 g/mol. The predicted octanol–water partition coefficient (Wildman–Crippen LogP) is 7.51. The Balaban J connectivity index is 1.32. The number of carboxylic acids is 1. The molecule has 0 amide bonds. The highest BCUT2D eigenvalue weighted by Gasteiger charge is 2.24. The second kappa shape index (κ2) is 11.0. The van der Waals surface area contributed by atoms with Crippen LogP contribution >= 0.6 is 0 Å². The molecule has 1 aromatic rings. The van der Waals surface area contributed by atoms with Gasteiger partial charge in [0.15, 0.2) is 0 Å². The van der Waals surface area contributed by atoms with Crippen molar-refractivity contribution >= 4 is 5.97 Å². The number of hydrogen-bond acceptors (Lipinski definition) is 1. The van der Waals surface area contributed by atoms with Gasteiger partial charge in [-0.25, -0.2) is 4.79 Å². The molecule has 0 bridgehead atoms. The summed E-state index contributed by atoms with van der Waals surface area (Å²) in [4.78, 5) is 11.4. The van der Waals surface area contributed by atoms with Crippen LogP contribution in [0.4, 0.5) is 0 Å². The van der Waals surface area contributed by atoms with Crippen LogP contribution in [0.3, 0.4) is 0 Å². The molecule has 2 nitrogen and oxygen atoms in total. The number of hydrogen-bond donors (Lipinski definition) is 1. The molecule has 2 heteroatoms. The van der Waals surface area contributed by atoms with E-state index in [1.54, 1.807) is 6.07 Å². The Kier molecular flexibility index (Phi) is 8.43. The summed E-state index contributed by atoms with van der Waals surface area (Å²) < 4.78 is 0. The number of rotatable bonds is 9. The molecule has 0 aromatic heterocycles. The minimum absolute atomic E-state index is 0.491. The predicted molar refractivity (Wildman–Crippen MR) is 117 cm³/mol. The fourth-order valence-corrected chi connectivity index (χ4v) is 5.80. The van der Waals surface area contributed by atoms with Gasteiger partial charge in [-0.05, 0) is 48.1 Å². The molecular weight excluding hydrogens is 344 g/mol. The fourth-order valence-electron chi connectivity index (χ4n) is 5.80. The van der Waals surface area contributed by atoms with E-state index in [-0.39, 0.29) is 0 Å². The quantitative estimate of drug-likeness (QED) is 0.478. The van der Waals surface area contributed by atoms with Gasteiger partial charge in [0.1, 0.15) is 0 Å². The van der Waals surface area contributed by atoms with Crippen molar-refractivity contribution in [2.75, 3.05) is 0 Å². The van der Waals surface area contributed by atoms with E-state index < -0.39 is 5.97 Å². The highest BCUT2D eigenvalue weighted by atomic mass is 16.4. The third-order valence-corrected chi connectivity index (χ3v) is 7.68. The molecule has 2 aliphatic carbocycles. The number of carbonyl (C=O) groups is 1. The van der Waals surface area contributed by atoms with E-state index in [0.717, 1.165) is 42.1 Å². The molecule has 1 aromatic carbocycles. The third-order valence-electron chi connectivity index (χ3n) is 7.68. The average molecular weight is 385 g/mol. The Morgan fingerprint density at radius 2 is 1.25 bits per heavy atom. The lowest BCUT2D eigenvalue weighted by atomic mass is 9.74. The molecule has 0 spiro atoms. The zero-order valence-corrected chi connectivity index (χ0v) is 17.9. The van der Waals surface area contributed by atoms with Gasteiger partial charge in [0.2, 0.25) is 0 Å². The summed E-state index contributed by atoms with van der Waals surface area (Å²) in [5.74, 6) is 3.00. The van der Waals surface area contributed by atoms with Crippen molar-refractivity contribution in [1.29, 1.82) is 0 Å². The molecule has 3 rings (SSSR count). The molecule has 0 heterocycles. The summed E-state index contributed by atoms with van der Waals surface area (Å²) in [5.41, 5.74) is 1.50. The summed E-state index contributed by atoms with van der Waals surface area (Å²) in [5, 5.41) is 9.35.